The van der Waals surface area contributed by atoms with Crippen molar-refractivity contribution in [2.75, 3.05) is 0 Å². The second-order valence-electron chi connectivity index (χ2n) is 7.97. The van der Waals surface area contributed by atoms with Crippen LogP contribution >= 0.6 is 0 Å². The van der Waals surface area contributed by atoms with E-state index in [1.807, 2.05) is 0 Å². The van der Waals surface area contributed by atoms with Gasteiger partial charge in [-0.3, -0.25) is 14.3 Å². The average Bonchev–Trinajstić information content (AvgIpc) is 3.02. The van der Waals surface area contributed by atoms with Gasteiger partial charge >= 0.3 is 0 Å². The zero-order valence-electron chi connectivity index (χ0n) is 15.1. The molecule has 0 radical (unpaired) electrons. The molecular weight excluding hydrogens is 304 g/mol. The molecule has 0 saturated heterocycles. The lowest BCUT2D eigenvalue weighted by atomic mass is 9.70. The van der Waals surface area contributed by atoms with Gasteiger partial charge in [-0.1, -0.05) is 20.8 Å². The molecule has 6 nitrogen and oxygen atoms in total. The fourth-order valence-corrected chi connectivity index (χ4v) is 4.35. The number of nitrogens with zero attached hydrogens (tertiary/aromatic N) is 3. The van der Waals surface area contributed by atoms with Gasteiger partial charge in [0, 0.05) is 17.3 Å². The zero-order valence-corrected chi connectivity index (χ0v) is 15.1. The van der Waals surface area contributed by atoms with Crippen LogP contribution in [0.4, 0.5) is 0 Å². The molecule has 0 aliphatic heterocycles. The third-order valence-corrected chi connectivity index (χ3v) is 6.46. The minimum absolute atomic E-state index is 0.0449. The number of Topliss-reactive ketones (excluding diaryl/α,β-unsaturated/α-hetero) is 1. The molecule has 2 aliphatic rings. The summed E-state index contributed by atoms with van der Waals surface area (Å²) >= 11 is 0. The first kappa shape index (κ1) is 16.9. The quantitative estimate of drug-likeness (QED) is 0.681. The Morgan fingerprint density at radius 2 is 2.12 bits per heavy atom. The molecule has 3 rings (SSSR count). The predicted octanol–water partition coefficient (Wildman–Crippen LogP) is 2.71. The molecule has 1 aromatic rings. The zero-order chi connectivity index (χ0) is 17.7. The van der Waals surface area contributed by atoms with Crippen LogP contribution in [-0.2, 0) is 11.3 Å². The maximum Gasteiger partial charge on any atom is 0.261 e. The van der Waals surface area contributed by atoms with E-state index in [0.717, 1.165) is 18.6 Å². The van der Waals surface area contributed by atoms with E-state index >= 15 is 0 Å². The van der Waals surface area contributed by atoms with Crippen molar-refractivity contribution in [2.24, 2.45) is 21.8 Å². The van der Waals surface area contributed by atoms with Gasteiger partial charge in [0.05, 0.1) is 11.3 Å². The normalized spacial score (nSPS) is 29.2. The van der Waals surface area contributed by atoms with Gasteiger partial charge in [-0.05, 0) is 44.4 Å². The molecule has 0 spiro atoms. The van der Waals surface area contributed by atoms with E-state index in [4.69, 9.17) is 0 Å². The fraction of sp³-hybridized carbons (Fsp3) is 0.667. The number of hydrogen-bond acceptors (Lipinski definition) is 4. The first-order chi connectivity index (χ1) is 11.1. The van der Waals surface area contributed by atoms with Gasteiger partial charge in [0.2, 0.25) is 0 Å². The molecule has 0 aromatic carbocycles. The smallest absolute Gasteiger partial charge is 0.261 e. The minimum Gasteiger partial charge on any atom is -0.294 e. The lowest BCUT2D eigenvalue weighted by Crippen LogP contribution is -2.34. The van der Waals surface area contributed by atoms with Crippen LogP contribution in [0, 0.1) is 23.7 Å². The molecule has 1 aromatic heterocycles. The maximum absolute atomic E-state index is 12.2. The van der Waals surface area contributed by atoms with E-state index < -0.39 is 0 Å². The third-order valence-electron chi connectivity index (χ3n) is 6.46. The fourth-order valence-electron chi connectivity index (χ4n) is 4.35. The van der Waals surface area contributed by atoms with Crippen molar-refractivity contribution in [2.45, 2.75) is 60.4 Å². The number of nitrogens with one attached hydrogen (secondary N) is 1. The highest BCUT2D eigenvalue weighted by Gasteiger charge is 2.59. The van der Waals surface area contributed by atoms with Gasteiger partial charge in [0.15, 0.2) is 5.78 Å². The highest BCUT2D eigenvalue weighted by molar-refractivity contribution is 5.95. The first-order valence-corrected chi connectivity index (χ1v) is 8.56. The van der Waals surface area contributed by atoms with Crippen molar-refractivity contribution in [1.82, 2.24) is 15.2 Å². The lowest BCUT2D eigenvalue weighted by molar-refractivity contribution is -0.121. The Balaban J connectivity index is 1.67. The molecule has 24 heavy (non-hydrogen) atoms. The van der Waals surface area contributed by atoms with Gasteiger partial charge < -0.3 is 0 Å². The van der Waals surface area contributed by atoms with Gasteiger partial charge in [-0.25, -0.2) is 5.43 Å². The molecule has 130 valence electrons. The predicted molar refractivity (Wildman–Crippen MR) is 91.8 cm³/mol. The van der Waals surface area contributed by atoms with Crippen molar-refractivity contribution in [3.05, 3.63) is 17.5 Å². The molecule has 1 heterocycles. The molecular formula is C18H26N4O2. The van der Waals surface area contributed by atoms with Crippen LogP contribution in [0.25, 0.3) is 0 Å². The van der Waals surface area contributed by atoms with Crippen molar-refractivity contribution < 1.29 is 9.59 Å². The molecule has 6 heteroatoms. The van der Waals surface area contributed by atoms with E-state index in [2.05, 4.69) is 36.4 Å². The van der Waals surface area contributed by atoms with Crippen LogP contribution < -0.4 is 5.43 Å². The number of aryl methyl sites for hydroxylation is 1. The van der Waals surface area contributed by atoms with Crippen molar-refractivity contribution >= 4 is 17.4 Å². The summed E-state index contributed by atoms with van der Waals surface area (Å²) < 4.78 is 1.49. The molecule has 2 fully saturated rings. The third kappa shape index (κ3) is 2.48. The standard InChI is InChI=1S/C18H26N4O2/c1-11-14(12(2)23)9-22(21-11)10-16(24)20-19-15-8-13-6-7-18(15,5)17(13,3)4/h9,13H,6-8,10H2,1-5H3,(H,20,24)/t13-,18-/m1/s1. The van der Waals surface area contributed by atoms with Crippen LogP contribution in [0.1, 0.15) is 63.0 Å². The number of hydrazone groups is 1. The number of hydrogen-bond donors (Lipinski definition) is 1. The number of aromatic nitrogens is 2. The van der Waals surface area contributed by atoms with Crippen LogP contribution in [0.2, 0.25) is 0 Å². The topological polar surface area (TPSA) is 76.3 Å². The Kier molecular flexibility index (Phi) is 3.89. The number of ketones is 1. The van der Waals surface area contributed by atoms with E-state index in [1.54, 1.807) is 13.1 Å². The van der Waals surface area contributed by atoms with Gasteiger partial charge in [0.25, 0.3) is 5.91 Å². The minimum atomic E-state index is -0.218. The molecule has 2 bridgehead atoms. The first-order valence-electron chi connectivity index (χ1n) is 8.56. The van der Waals surface area contributed by atoms with Crippen molar-refractivity contribution in [3.8, 4) is 0 Å². The van der Waals surface area contributed by atoms with Gasteiger partial charge in [-0.2, -0.15) is 10.2 Å². The number of rotatable bonds is 4. The number of carbonyl (C=O) groups excluding carboxylic acids is 2. The summed E-state index contributed by atoms with van der Waals surface area (Å²) in [5.41, 5.74) is 5.31. The summed E-state index contributed by atoms with van der Waals surface area (Å²) in [5, 5.41) is 8.66. The Morgan fingerprint density at radius 1 is 1.42 bits per heavy atom. The maximum atomic E-state index is 12.2. The van der Waals surface area contributed by atoms with Gasteiger partial charge in [0.1, 0.15) is 6.54 Å². The summed E-state index contributed by atoms with van der Waals surface area (Å²) in [5.74, 6) is 0.394. The monoisotopic (exact) mass is 330 g/mol. The molecule has 0 unspecified atom stereocenters. The highest BCUT2D eigenvalue weighted by Crippen LogP contribution is 2.63. The summed E-state index contributed by atoms with van der Waals surface area (Å²) in [4.78, 5) is 23.6. The van der Waals surface area contributed by atoms with Crippen molar-refractivity contribution in [1.29, 1.82) is 0 Å². The molecule has 1 N–H and O–H groups in total. The van der Waals surface area contributed by atoms with E-state index in [-0.39, 0.29) is 29.1 Å². The summed E-state index contributed by atoms with van der Waals surface area (Å²) in [6.07, 6.45) is 4.97. The number of fused-ring (bicyclic) bond motifs is 2. The molecule has 1 amide bonds. The number of carbonyl (C=O) groups is 2. The number of amides is 1. The Bertz CT molecular complexity index is 731. The van der Waals surface area contributed by atoms with E-state index in [0.29, 0.717) is 17.2 Å². The summed E-state index contributed by atoms with van der Waals surface area (Å²) in [7, 11) is 0. The highest BCUT2D eigenvalue weighted by atomic mass is 16.2. The largest absolute Gasteiger partial charge is 0.294 e. The summed E-state index contributed by atoms with van der Waals surface area (Å²) in [6.45, 7) is 10.2. The van der Waals surface area contributed by atoms with E-state index in [1.165, 1.54) is 18.0 Å². The lowest BCUT2D eigenvalue weighted by Gasteiger charge is -2.34. The summed E-state index contributed by atoms with van der Waals surface area (Å²) in [6, 6.07) is 0. The van der Waals surface area contributed by atoms with Crippen LogP contribution in [-0.4, -0.2) is 27.2 Å². The van der Waals surface area contributed by atoms with Crippen LogP contribution in [0.5, 0.6) is 0 Å². The average molecular weight is 330 g/mol. The van der Waals surface area contributed by atoms with Gasteiger partial charge in [-0.15, -0.1) is 0 Å². The van der Waals surface area contributed by atoms with Crippen LogP contribution in [0.15, 0.2) is 11.3 Å². The van der Waals surface area contributed by atoms with E-state index in [9.17, 15) is 9.59 Å². The van der Waals surface area contributed by atoms with Crippen LogP contribution in [0.3, 0.4) is 0 Å². The molecule has 2 atom stereocenters. The Hall–Kier alpha value is -1.98. The van der Waals surface area contributed by atoms with Crippen molar-refractivity contribution in [3.63, 3.8) is 0 Å². The Morgan fingerprint density at radius 3 is 2.62 bits per heavy atom. The second-order valence-corrected chi connectivity index (χ2v) is 7.97. The molecule has 2 saturated carbocycles. The Labute approximate surface area is 142 Å². The molecule has 2 aliphatic carbocycles. The second kappa shape index (κ2) is 5.53. The SMILES string of the molecule is CC(=O)c1cn(CC(=O)NN=C2C[C@H]3CC[C@@]2(C)C3(C)C)nc1C.